The summed E-state index contributed by atoms with van der Waals surface area (Å²) in [5.41, 5.74) is 2.96. The second-order valence-corrected chi connectivity index (χ2v) is 9.17. The Bertz CT molecular complexity index is 992. The molecule has 0 saturated carbocycles. The molecule has 0 bridgehead atoms. The van der Waals surface area contributed by atoms with E-state index in [9.17, 15) is 4.79 Å². The van der Waals surface area contributed by atoms with Crippen molar-refractivity contribution >= 4 is 23.4 Å². The summed E-state index contributed by atoms with van der Waals surface area (Å²) in [4.78, 5) is 14.4. The topological polar surface area (TPSA) is 66.0 Å². The lowest BCUT2D eigenvalue weighted by atomic mass is 9.73. The second-order valence-electron chi connectivity index (χ2n) is 8.32. The number of hydrogen-bond donors (Lipinski definition) is 1. The highest BCUT2D eigenvalue weighted by Gasteiger charge is 2.47. The van der Waals surface area contributed by atoms with Crippen LogP contribution in [-0.2, 0) is 20.7 Å². The molecule has 3 aliphatic rings. The predicted octanol–water partition coefficient (Wildman–Crippen LogP) is 4.39. The van der Waals surface area contributed by atoms with Gasteiger partial charge in [-0.25, -0.2) is 0 Å². The van der Waals surface area contributed by atoms with Gasteiger partial charge in [-0.3, -0.25) is 4.79 Å². The number of carbonyl (C=O) groups is 1. The molecule has 2 heterocycles. The quantitative estimate of drug-likeness (QED) is 0.733. The summed E-state index contributed by atoms with van der Waals surface area (Å²) in [7, 11) is 0. The van der Waals surface area contributed by atoms with Crippen molar-refractivity contribution in [2.75, 3.05) is 25.0 Å². The van der Waals surface area contributed by atoms with Crippen LogP contribution in [0.25, 0.3) is 0 Å². The fourth-order valence-corrected chi connectivity index (χ4v) is 5.08. The number of anilines is 1. The van der Waals surface area contributed by atoms with Crippen LogP contribution in [0.15, 0.2) is 41.3 Å². The standard InChI is InChI=1S/C23H25NO5S/c1-23(2)28-11-16-15(22(25)24-17-6-4-5-7-20(17)30-3)8-13-9-18-19(27-12-26-18)10-14(13)21(16)29-23/h4-7,9-10,15-16,21H,8,11-12H2,1-3H3,(H,24,25)/t15-,16?,21?/m1/s1. The van der Waals surface area contributed by atoms with E-state index < -0.39 is 5.79 Å². The Morgan fingerprint density at radius 2 is 1.93 bits per heavy atom. The Morgan fingerprint density at radius 3 is 2.73 bits per heavy atom. The average molecular weight is 428 g/mol. The van der Waals surface area contributed by atoms with E-state index in [1.807, 2.05) is 56.5 Å². The summed E-state index contributed by atoms with van der Waals surface area (Å²) in [5.74, 6) is 0.393. The Morgan fingerprint density at radius 1 is 1.17 bits per heavy atom. The summed E-state index contributed by atoms with van der Waals surface area (Å²) in [6, 6.07) is 11.9. The molecule has 2 aliphatic heterocycles. The first-order valence-corrected chi connectivity index (χ1v) is 11.4. The Hall–Kier alpha value is -2.22. The molecule has 0 spiro atoms. The van der Waals surface area contributed by atoms with Crippen LogP contribution in [0.1, 0.15) is 31.1 Å². The molecule has 1 fully saturated rings. The van der Waals surface area contributed by atoms with Crippen LogP contribution < -0.4 is 14.8 Å². The number of rotatable bonds is 3. The van der Waals surface area contributed by atoms with Gasteiger partial charge in [0, 0.05) is 10.8 Å². The van der Waals surface area contributed by atoms with Gasteiger partial charge in [-0.1, -0.05) is 12.1 Å². The highest BCUT2D eigenvalue weighted by molar-refractivity contribution is 7.98. The van der Waals surface area contributed by atoms with Crippen molar-refractivity contribution in [1.29, 1.82) is 0 Å². The average Bonchev–Trinajstić information content (AvgIpc) is 3.19. The molecule has 3 atom stereocenters. The van der Waals surface area contributed by atoms with E-state index in [1.54, 1.807) is 11.8 Å². The summed E-state index contributed by atoms with van der Waals surface area (Å²) in [6.45, 7) is 4.51. The van der Waals surface area contributed by atoms with Crippen molar-refractivity contribution in [3.05, 3.63) is 47.5 Å². The number of fused-ring (bicyclic) bond motifs is 4. The number of amides is 1. The second kappa shape index (κ2) is 7.48. The van der Waals surface area contributed by atoms with Gasteiger partial charge >= 0.3 is 0 Å². The molecule has 1 N–H and O–H groups in total. The zero-order valence-corrected chi connectivity index (χ0v) is 18.1. The normalized spacial score (nSPS) is 25.9. The molecule has 1 saturated heterocycles. The maximum atomic E-state index is 13.4. The number of hydrogen-bond acceptors (Lipinski definition) is 6. The zero-order chi connectivity index (χ0) is 20.9. The molecule has 1 aliphatic carbocycles. The van der Waals surface area contributed by atoms with E-state index in [1.165, 1.54) is 0 Å². The lowest BCUT2D eigenvalue weighted by Gasteiger charge is -2.46. The van der Waals surface area contributed by atoms with E-state index >= 15 is 0 Å². The first-order valence-electron chi connectivity index (χ1n) is 10.1. The Labute approximate surface area is 180 Å². The van der Waals surface area contributed by atoms with Gasteiger partial charge < -0.3 is 24.3 Å². The molecule has 6 nitrogen and oxygen atoms in total. The largest absolute Gasteiger partial charge is 0.454 e. The predicted molar refractivity (Wildman–Crippen MR) is 114 cm³/mol. The van der Waals surface area contributed by atoms with Crippen molar-refractivity contribution in [2.45, 2.75) is 37.1 Å². The van der Waals surface area contributed by atoms with Gasteiger partial charge in [0.25, 0.3) is 0 Å². The zero-order valence-electron chi connectivity index (χ0n) is 17.3. The molecule has 158 valence electrons. The number of thioether (sulfide) groups is 1. The lowest BCUT2D eigenvalue weighted by molar-refractivity contribution is -0.302. The maximum Gasteiger partial charge on any atom is 0.231 e. The van der Waals surface area contributed by atoms with Crippen LogP contribution in [0.4, 0.5) is 5.69 Å². The molecule has 5 rings (SSSR count). The van der Waals surface area contributed by atoms with Crippen LogP contribution >= 0.6 is 11.8 Å². The molecular formula is C23H25NO5S. The summed E-state index contributed by atoms with van der Waals surface area (Å²) < 4.78 is 23.4. The SMILES string of the molecule is CSc1ccccc1NC(=O)[C@@H]1Cc2cc3c(cc2C2OC(C)(C)OCC21)OCO3. The number of para-hydroxylation sites is 1. The van der Waals surface area contributed by atoms with Crippen molar-refractivity contribution in [1.82, 2.24) is 0 Å². The third-order valence-corrected chi connectivity index (χ3v) is 6.82. The molecule has 2 unspecified atom stereocenters. The van der Waals surface area contributed by atoms with Gasteiger partial charge in [0.05, 0.1) is 24.3 Å². The fraction of sp³-hybridized carbons (Fsp3) is 0.435. The number of nitrogens with one attached hydrogen (secondary N) is 1. The van der Waals surface area contributed by atoms with Gasteiger partial charge in [-0.05, 0) is 61.9 Å². The van der Waals surface area contributed by atoms with Crippen LogP contribution in [0, 0.1) is 11.8 Å². The van der Waals surface area contributed by atoms with E-state index in [-0.39, 0.29) is 30.6 Å². The monoisotopic (exact) mass is 427 g/mol. The van der Waals surface area contributed by atoms with Crippen LogP contribution in [0.5, 0.6) is 11.5 Å². The first-order chi connectivity index (χ1) is 14.4. The van der Waals surface area contributed by atoms with Crippen LogP contribution in [0.3, 0.4) is 0 Å². The van der Waals surface area contributed by atoms with E-state index in [2.05, 4.69) is 5.32 Å². The third-order valence-electron chi connectivity index (χ3n) is 6.02. The van der Waals surface area contributed by atoms with Gasteiger partial charge in [-0.2, -0.15) is 0 Å². The van der Waals surface area contributed by atoms with Gasteiger partial charge in [-0.15, -0.1) is 11.8 Å². The molecule has 2 aromatic carbocycles. The minimum absolute atomic E-state index is 0.0123. The molecule has 0 radical (unpaired) electrons. The molecule has 1 amide bonds. The van der Waals surface area contributed by atoms with Gasteiger partial charge in [0.1, 0.15) is 0 Å². The number of carbonyl (C=O) groups excluding carboxylic acids is 1. The third kappa shape index (κ3) is 3.45. The Balaban J connectivity index is 1.49. The fourth-order valence-electron chi connectivity index (χ4n) is 4.52. The number of benzene rings is 2. The maximum absolute atomic E-state index is 13.4. The minimum atomic E-state index is -0.710. The number of ether oxygens (including phenoxy) is 4. The summed E-state index contributed by atoms with van der Waals surface area (Å²) in [5, 5.41) is 3.14. The van der Waals surface area contributed by atoms with E-state index in [4.69, 9.17) is 18.9 Å². The minimum Gasteiger partial charge on any atom is -0.454 e. The molecule has 7 heteroatoms. The van der Waals surface area contributed by atoms with Crippen molar-refractivity contribution in [2.24, 2.45) is 11.8 Å². The first kappa shape index (κ1) is 19.7. The molecule has 0 aromatic heterocycles. The highest BCUT2D eigenvalue weighted by Crippen LogP contribution is 2.49. The Kier molecular flexibility index (Phi) is 4.92. The van der Waals surface area contributed by atoms with E-state index in [0.29, 0.717) is 13.0 Å². The van der Waals surface area contributed by atoms with Gasteiger partial charge in [0.2, 0.25) is 12.7 Å². The highest BCUT2D eigenvalue weighted by atomic mass is 32.2. The molecular weight excluding hydrogens is 402 g/mol. The molecule has 2 aromatic rings. The summed E-state index contributed by atoms with van der Waals surface area (Å²) >= 11 is 1.61. The lowest BCUT2D eigenvalue weighted by Crippen LogP contribution is -2.49. The van der Waals surface area contributed by atoms with Gasteiger partial charge in [0.15, 0.2) is 17.3 Å². The van der Waals surface area contributed by atoms with Crippen molar-refractivity contribution in [3.8, 4) is 11.5 Å². The van der Waals surface area contributed by atoms with Crippen molar-refractivity contribution in [3.63, 3.8) is 0 Å². The van der Waals surface area contributed by atoms with Crippen molar-refractivity contribution < 1.29 is 23.7 Å². The van der Waals surface area contributed by atoms with Crippen LogP contribution in [0.2, 0.25) is 0 Å². The smallest absolute Gasteiger partial charge is 0.231 e. The molecule has 30 heavy (non-hydrogen) atoms. The van der Waals surface area contributed by atoms with E-state index in [0.717, 1.165) is 33.2 Å². The van der Waals surface area contributed by atoms with Crippen LogP contribution in [-0.4, -0.2) is 31.3 Å². The summed E-state index contributed by atoms with van der Waals surface area (Å²) in [6.07, 6.45) is 2.37.